The van der Waals surface area contributed by atoms with Crippen molar-refractivity contribution in [3.8, 4) is 11.5 Å². The summed E-state index contributed by atoms with van der Waals surface area (Å²) in [7, 11) is 0. The van der Waals surface area contributed by atoms with Crippen LogP contribution in [0.5, 0.6) is 11.5 Å². The van der Waals surface area contributed by atoms with Crippen LogP contribution in [0, 0.1) is 0 Å². The maximum atomic E-state index is 12.6. The van der Waals surface area contributed by atoms with Crippen molar-refractivity contribution in [1.82, 2.24) is 10.3 Å². The summed E-state index contributed by atoms with van der Waals surface area (Å²) >= 11 is 0. The Labute approximate surface area is 157 Å². The predicted molar refractivity (Wildman–Crippen MR) is 104 cm³/mol. The molecule has 2 N–H and O–H groups in total. The van der Waals surface area contributed by atoms with E-state index in [4.69, 9.17) is 9.47 Å². The zero-order chi connectivity index (χ0) is 18.2. The number of amides is 1. The van der Waals surface area contributed by atoms with Gasteiger partial charge in [-0.15, -0.1) is 0 Å². The fourth-order valence-corrected chi connectivity index (χ4v) is 4.17. The van der Waals surface area contributed by atoms with Crippen LogP contribution >= 0.6 is 0 Å². The van der Waals surface area contributed by atoms with E-state index in [0.29, 0.717) is 26.2 Å². The average molecular weight is 362 g/mol. The van der Waals surface area contributed by atoms with Crippen LogP contribution in [0.3, 0.4) is 0 Å². The van der Waals surface area contributed by atoms with E-state index < -0.39 is 0 Å². The molecule has 138 valence electrons. The first-order valence-electron chi connectivity index (χ1n) is 9.54. The number of nitrogens with one attached hydrogen (secondary N) is 2. The van der Waals surface area contributed by atoms with Gasteiger partial charge in [-0.2, -0.15) is 0 Å². The molecule has 2 aliphatic heterocycles. The van der Waals surface area contributed by atoms with Crippen molar-refractivity contribution in [2.45, 2.75) is 25.7 Å². The van der Waals surface area contributed by atoms with Crippen molar-refractivity contribution in [1.29, 1.82) is 0 Å². The predicted octanol–water partition coefficient (Wildman–Crippen LogP) is 2.94. The van der Waals surface area contributed by atoms with E-state index in [1.807, 2.05) is 18.3 Å². The van der Waals surface area contributed by atoms with Crippen LogP contribution in [0.2, 0.25) is 0 Å². The number of rotatable bonds is 5. The number of carbonyl (C=O) groups is 1. The van der Waals surface area contributed by atoms with Gasteiger partial charge in [0.05, 0.1) is 19.6 Å². The Kier molecular flexibility index (Phi) is 4.00. The number of hydrogen-bond donors (Lipinski definition) is 2. The molecule has 0 saturated carbocycles. The topological polar surface area (TPSA) is 63.4 Å². The Hall–Kier alpha value is -2.95. The van der Waals surface area contributed by atoms with Crippen molar-refractivity contribution < 1.29 is 14.3 Å². The Morgan fingerprint density at radius 1 is 1.15 bits per heavy atom. The molecule has 1 amide bonds. The molecular weight excluding hydrogens is 340 g/mol. The molecule has 5 rings (SSSR count). The first-order chi connectivity index (χ1) is 13.3. The molecule has 0 bridgehead atoms. The molecule has 3 aromatic rings. The van der Waals surface area contributed by atoms with E-state index in [-0.39, 0.29) is 5.91 Å². The summed E-state index contributed by atoms with van der Waals surface area (Å²) in [6, 6.07) is 10.3. The van der Waals surface area contributed by atoms with Gasteiger partial charge in [0.2, 0.25) is 5.91 Å². The minimum atomic E-state index is 0.0350. The van der Waals surface area contributed by atoms with Crippen LogP contribution in [-0.4, -0.2) is 30.6 Å². The number of aromatic nitrogens is 1. The third kappa shape index (κ3) is 2.93. The van der Waals surface area contributed by atoms with Crippen molar-refractivity contribution in [3.05, 3.63) is 58.8 Å². The van der Waals surface area contributed by atoms with Crippen molar-refractivity contribution in [2.24, 2.45) is 0 Å². The SMILES string of the molecule is O=C(Cc1c2c(cc3c1OCC3)OCC2)NCCc1c[nH]c2ccccc12. The van der Waals surface area contributed by atoms with Crippen LogP contribution in [-0.2, 0) is 30.5 Å². The zero-order valence-corrected chi connectivity index (χ0v) is 15.1. The minimum Gasteiger partial charge on any atom is -0.493 e. The van der Waals surface area contributed by atoms with Gasteiger partial charge < -0.3 is 19.8 Å². The second kappa shape index (κ2) is 6.65. The summed E-state index contributed by atoms with van der Waals surface area (Å²) in [4.78, 5) is 15.9. The van der Waals surface area contributed by atoms with Crippen molar-refractivity contribution in [3.63, 3.8) is 0 Å². The van der Waals surface area contributed by atoms with E-state index >= 15 is 0 Å². The molecule has 0 spiro atoms. The Bertz CT molecular complexity index is 990. The number of H-pyrrole nitrogens is 1. The standard InChI is InChI=1S/C22H22N2O3/c25-21(23-8-5-15-13-24-19-4-2-1-3-16(15)19)12-18-17-7-10-26-20(17)11-14-6-9-27-22(14)18/h1-4,11,13,24H,5-10,12H2,(H,23,25). The fraction of sp³-hybridized carbons (Fsp3) is 0.318. The fourth-order valence-electron chi connectivity index (χ4n) is 4.17. The molecule has 2 aromatic carbocycles. The monoisotopic (exact) mass is 362 g/mol. The van der Waals surface area contributed by atoms with Crippen LogP contribution in [0.4, 0.5) is 0 Å². The Balaban J connectivity index is 1.27. The van der Waals surface area contributed by atoms with E-state index in [1.54, 1.807) is 0 Å². The van der Waals surface area contributed by atoms with E-state index in [2.05, 4.69) is 28.5 Å². The smallest absolute Gasteiger partial charge is 0.224 e. The van der Waals surface area contributed by atoms with Gasteiger partial charge in [0.1, 0.15) is 11.5 Å². The van der Waals surface area contributed by atoms with E-state index in [0.717, 1.165) is 53.0 Å². The maximum Gasteiger partial charge on any atom is 0.224 e. The molecule has 0 radical (unpaired) electrons. The number of hydrogen-bond acceptors (Lipinski definition) is 3. The molecule has 0 saturated heterocycles. The first-order valence-corrected chi connectivity index (χ1v) is 9.54. The number of para-hydroxylation sites is 1. The van der Waals surface area contributed by atoms with Gasteiger partial charge in [0, 0.05) is 53.2 Å². The highest BCUT2D eigenvalue weighted by atomic mass is 16.5. The number of aromatic amines is 1. The van der Waals surface area contributed by atoms with Crippen LogP contribution in [0.25, 0.3) is 10.9 Å². The zero-order valence-electron chi connectivity index (χ0n) is 15.1. The third-order valence-corrected chi connectivity index (χ3v) is 5.49. The van der Waals surface area contributed by atoms with E-state index in [1.165, 1.54) is 10.9 Å². The number of ether oxygens (including phenoxy) is 2. The normalized spacial score (nSPS) is 14.5. The van der Waals surface area contributed by atoms with Gasteiger partial charge in [-0.05, 0) is 24.1 Å². The van der Waals surface area contributed by atoms with Crippen LogP contribution in [0.15, 0.2) is 36.5 Å². The quantitative estimate of drug-likeness (QED) is 0.734. The maximum absolute atomic E-state index is 12.6. The van der Waals surface area contributed by atoms with Gasteiger partial charge in [-0.25, -0.2) is 0 Å². The van der Waals surface area contributed by atoms with Crippen molar-refractivity contribution in [2.75, 3.05) is 19.8 Å². The second-order valence-electron chi connectivity index (χ2n) is 7.15. The van der Waals surface area contributed by atoms with E-state index in [9.17, 15) is 4.79 Å². The minimum absolute atomic E-state index is 0.0350. The number of carbonyl (C=O) groups excluding carboxylic acids is 1. The highest BCUT2D eigenvalue weighted by Crippen LogP contribution is 2.40. The summed E-state index contributed by atoms with van der Waals surface area (Å²) in [5.41, 5.74) is 5.68. The van der Waals surface area contributed by atoms with Gasteiger partial charge in [-0.3, -0.25) is 4.79 Å². The van der Waals surface area contributed by atoms with Crippen molar-refractivity contribution >= 4 is 16.8 Å². The molecule has 0 atom stereocenters. The molecule has 27 heavy (non-hydrogen) atoms. The second-order valence-corrected chi connectivity index (χ2v) is 7.15. The summed E-state index contributed by atoms with van der Waals surface area (Å²) in [5, 5.41) is 4.29. The molecule has 0 fully saturated rings. The van der Waals surface area contributed by atoms with Gasteiger partial charge in [-0.1, -0.05) is 18.2 Å². The summed E-state index contributed by atoms with van der Waals surface area (Å²) in [6.45, 7) is 2.00. The summed E-state index contributed by atoms with van der Waals surface area (Å²) in [6.07, 6.45) is 4.92. The molecule has 3 heterocycles. The first kappa shape index (κ1) is 16.2. The molecular formula is C22H22N2O3. The Morgan fingerprint density at radius 3 is 3.00 bits per heavy atom. The van der Waals surface area contributed by atoms with Crippen LogP contribution < -0.4 is 14.8 Å². The van der Waals surface area contributed by atoms with Gasteiger partial charge in [0.25, 0.3) is 0 Å². The molecule has 0 aliphatic carbocycles. The molecule has 1 aromatic heterocycles. The molecule has 5 heteroatoms. The van der Waals surface area contributed by atoms with Gasteiger partial charge >= 0.3 is 0 Å². The summed E-state index contributed by atoms with van der Waals surface area (Å²) in [5.74, 6) is 1.87. The molecule has 2 aliphatic rings. The molecule has 0 unspecified atom stereocenters. The lowest BCUT2D eigenvalue weighted by Crippen LogP contribution is -2.27. The highest BCUT2D eigenvalue weighted by Gasteiger charge is 2.27. The third-order valence-electron chi connectivity index (χ3n) is 5.49. The lowest BCUT2D eigenvalue weighted by atomic mass is 9.97. The van der Waals surface area contributed by atoms with Crippen LogP contribution in [0.1, 0.15) is 22.3 Å². The Morgan fingerprint density at radius 2 is 2.04 bits per heavy atom. The number of benzene rings is 2. The summed E-state index contributed by atoms with van der Waals surface area (Å²) < 4.78 is 11.6. The van der Waals surface area contributed by atoms with Gasteiger partial charge in [0.15, 0.2) is 0 Å². The lowest BCUT2D eigenvalue weighted by Gasteiger charge is -2.13. The average Bonchev–Trinajstić information content (AvgIpc) is 3.41. The highest BCUT2D eigenvalue weighted by molar-refractivity contribution is 5.83. The largest absolute Gasteiger partial charge is 0.493 e. The lowest BCUT2D eigenvalue weighted by molar-refractivity contribution is -0.120. The number of fused-ring (bicyclic) bond motifs is 3. The molecule has 5 nitrogen and oxygen atoms in total.